The fourth-order valence-electron chi connectivity index (χ4n) is 1.85. The van der Waals surface area contributed by atoms with Crippen LogP contribution in [0.5, 0.6) is 0 Å². The lowest BCUT2D eigenvalue weighted by Gasteiger charge is -2.03. The van der Waals surface area contributed by atoms with Crippen molar-refractivity contribution in [2.75, 3.05) is 0 Å². The Morgan fingerprint density at radius 2 is 1.83 bits per heavy atom. The number of fused-ring (bicyclic) bond motifs is 1. The van der Waals surface area contributed by atoms with Gasteiger partial charge in [0.1, 0.15) is 5.69 Å². The van der Waals surface area contributed by atoms with E-state index in [0.29, 0.717) is 23.4 Å². The van der Waals surface area contributed by atoms with E-state index in [9.17, 15) is 4.79 Å². The van der Waals surface area contributed by atoms with E-state index in [1.807, 2.05) is 30.3 Å². The van der Waals surface area contributed by atoms with Crippen LogP contribution in [0.2, 0.25) is 0 Å². The quantitative estimate of drug-likeness (QED) is 0.800. The summed E-state index contributed by atoms with van der Waals surface area (Å²) in [7, 11) is 0. The number of benzene rings is 1. The summed E-state index contributed by atoms with van der Waals surface area (Å²) in [4.78, 5) is 11.8. The lowest BCUT2D eigenvalue weighted by atomic mass is 9.97. The maximum Gasteiger partial charge on any atom is 0.172 e. The first-order chi connectivity index (χ1) is 7.86. The zero-order valence-corrected chi connectivity index (χ0v) is 11.0. The number of hydrogen-bond acceptors (Lipinski definition) is 3. The fraction of sp³-hybridized carbons (Fsp3) is 0.0769. The fourth-order valence-corrected chi connectivity index (χ4v) is 1.85. The third-order valence-electron chi connectivity index (χ3n) is 2.62. The van der Waals surface area contributed by atoms with Gasteiger partial charge in [0.2, 0.25) is 0 Å². The third kappa shape index (κ3) is 2.33. The van der Waals surface area contributed by atoms with E-state index >= 15 is 0 Å². The summed E-state index contributed by atoms with van der Waals surface area (Å²) < 4.78 is 5.15. The first kappa shape index (κ1) is 14.5. The Labute approximate surface area is 117 Å². The molecule has 0 aliphatic heterocycles. The SMILES string of the molecule is Cl.Cl.O=C1CC=Cc2onc(-c3ccccc3)c21. The number of aromatic nitrogens is 1. The highest BCUT2D eigenvalue weighted by molar-refractivity contribution is 6.06. The van der Waals surface area contributed by atoms with Gasteiger partial charge in [0.25, 0.3) is 0 Å². The summed E-state index contributed by atoms with van der Waals surface area (Å²) in [5.41, 5.74) is 2.16. The highest BCUT2D eigenvalue weighted by Crippen LogP contribution is 2.29. The molecule has 0 spiro atoms. The normalized spacial score (nSPS) is 12.3. The molecule has 5 heteroatoms. The molecule has 0 saturated heterocycles. The Kier molecular flexibility index (Phi) is 4.70. The van der Waals surface area contributed by atoms with Crippen LogP contribution < -0.4 is 0 Å². The van der Waals surface area contributed by atoms with Crippen molar-refractivity contribution in [3.8, 4) is 11.3 Å². The molecule has 1 aliphatic rings. The first-order valence-electron chi connectivity index (χ1n) is 5.11. The van der Waals surface area contributed by atoms with Crippen molar-refractivity contribution >= 4 is 36.7 Å². The van der Waals surface area contributed by atoms with Crippen molar-refractivity contribution < 1.29 is 9.32 Å². The highest BCUT2D eigenvalue weighted by atomic mass is 35.5. The first-order valence-corrected chi connectivity index (χ1v) is 5.11. The minimum absolute atomic E-state index is 0. The molecule has 0 atom stereocenters. The van der Waals surface area contributed by atoms with Gasteiger partial charge in [-0.2, -0.15) is 0 Å². The average Bonchev–Trinajstić information content (AvgIpc) is 2.75. The van der Waals surface area contributed by atoms with Crippen molar-refractivity contribution in [3.63, 3.8) is 0 Å². The van der Waals surface area contributed by atoms with Crippen LogP contribution in [0.1, 0.15) is 22.5 Å². The maximum absolute atomic E-state index is 11.8. The Morgan fingerprint density at radius 1 is 1.11 bits per heavy atom. The number of ketones is 1. The van der Waals surface area contributed by atoms with E-state index in [1.54, 1.807) is 12.2 Å². The maximum atomic E-state index is 11.8. The predicted octanol–water partition coefficient (Wildman–Crippen LogP) is 3.78. The lowest BCUT2D eigenvalue weighted by molar-refractivity contribution is 0.0994. The number of allylic oxidation sites excluding steroid dienone is 1. The Hall–Kier alpha value is -1.58. The van der Waals surface area contributed by atoms with Gasteiger partial charge >= 0.3 is 0 Å². The van der Waals surface area contributed by atoms with Crippen LogP contribution in [0, 0.1) is 0 Å². The topological polar surface area (TPSA) is 43.1 Å². The van der Waals surface area contributed by atoms with E-state index in [2.05, 4.69) is 5.16 Å². The molecule has 0 saturated carbocycles. The molecular weight excluding hydrogens is 273 g/mol. The molecule has 18 heavy (non-hydrogen) atoms. The van der Waals surface area contributed by atoms with Crippen LogP contribution in [-0.2, 0) is 0 Å². The minimum Gasteiger partial charge on any atom is -0.356 e. The lowest BCUT2D eigenvalue weighted by Crippen LogP contribution is -2.03. The second kappa shape index (κ2) is 5.85. The molecule has 2 aromatic rings. The van der Waals surface area contributed by atoms with Gasteiger partial charge in [-0.25, -0.2) is 0 Å². The van der Waals surface area contributed by atoms with Crippen molar-refractivity contribution in [3.05, 3.63) is 47.7 Å². The number of halogens is 2. The molecule has 1 aliphatic carbocycles. The van der Waals surface area contributed by atoms with Crippen LogP contribution in [0.15, 0.2) is 40.9 Å². The molecule has 3 nitrogen and oxygen atoms in total. The largest absolute Gasteiger partial charge is 0.356 e. The van der Waals surface area contributed by atoms with Gasteiger partial charge in [-0.05, 0) is 6.08 Å². The van der Waals surface area contributed by atoms with E-state index in [4.69, 9.17) is 4.52 Å². The monoisotopic (exact) mass is 283 g/mol. The van der Waals surface area contributed by atoms with Crippen LogP contribution >= 0.6 is 24.8 Å². The Balaban J connectivity index is 0.000000810. The molecular formula is C13H11Cl2NO2. The molecule has 1 aromatic carbocycles. The average molecular weight is 284 g/mol. The molecule has 3 rings (SSSR count). The summed E-state index contributed by atoms with van der Waals surface area (Å²) in [6.45, 7) is 0. The number of nitrogens with zero attached hydrogens (tertiary/aromatic N) is 1. The minimum atomic E-state index is 0. The van der Waals surface area contributed by atoms with Gasteiger partial charge in [0.15, 0.2) is 11.5 Å². The predicted molar refractivity (Wildman–Crippen MR) is 74.4 cm³/mol. The van der Waals surface area contributed by atoms with E-state index in [0.717, 1.165) is 5.56 Å². The number of hydrogen-bond donors (Lipinski definition) is 0. The second-order valence-corrected chi connectivity index (χ2v) is 3.67. The van der Waals surface area contributed by atoms with Crippen molar-refractivity contribution in [1.29, 1.82) is 0 Å². The van der Waals surface area contributed by atoms with Gasteiger partial charge < -0.3 is 4.52 Å². The molecule has 0 amide bonds. The van der Waals surface area contributed by atoms with E-state index < -0.39 is 0 Å². The van der Waals surface area contributed by atoms with Crippen LogP contribution in [0.4, 0.5) is 0 Å². The molecule has 0 N–H and O–H groups in total. The Bertz CT molecular complexity index is 576. The highest BCUT2D eigenvalue weighted by Gasteiger charge is 2.23. The Morgan fingerprint density at radius 3 is 2.56 bits per heavy atom. The van der Waals surface area contributed by atoms with Gasteiger partial charge in [0, 0.05) is 12.0 Å². The van der Waals surface area contributed by atoms with Crippen molar-refractivity contribution in [2.45, 2.75) is 6.42 Å². The molecule has 0 bridgehead atoms. The van der Waals surface area contributed by atoms with E-state index in [1.165, 1.54) is 0 Å². The van der Waals surface area contributed by atoms with Gasteiger partial charge in [-0.15, -0.1) is 24.8 Å². The van der Waals surface area contributed by atoms with Crippen LogP contribution in [0.3, 0.4) is 0 Å². The molecule has 1 heterocycles. The molecule has 1 aromatic heterocycles. The summed E-state index contributed by atoms with van der Waals surface area (Å²) in [6.07, 6.45) is 4.02. The summed E-state index contributed by atoms with van der Waals surface area (Å²) in [5, 5.41) is 3.97. The van der Waals surface area contributed by atoms with Crippen molar-refractivity contribution in [1.82, 2.24) is 5.16 Å². The van der Waals surface area contributed by atoms with E-state index in [-0.39, 0.29) is 30.6 Å². The van der Waals surface area contributed by atoms with Gasteiger partial charge in [0.05, 0.1) is 5.56 Å². The van der Waals surface area contributed by atoms with Gasteiger partial charge in [-0.3, -0.25) is 4.79 Å². The summed E-state index contributed by atoms with van der Waals surface area (Å²) in [6, 6.07) is 9.60. The zero-order chi connectivity index (χ0) is 11.0. The number of carbonyl (C=O) groups excluding carboxylic acids is 1. The number of rotatable bonds is 1. The standard InChI is InChI=1S/C13H9NO2.2ClH/c15-10-7-4-8-11-12(10)13(14-16-11)9-5-2-1-3-6-9;;/h1-6,8H,7H2;2*1H. The molecule has 0 unspecified atom stereocenters. The van der Waals surface area contributed by atoms with Crippen LogP contribution in [0.25, 0.3) is 17.3 Å². The molecule has 94 valence electrons. The number of carbonyl (C=O) groups is 1. The van der Waals surface area contributed by atoms with Crippen molar-refractivity contribution in [2.24, 2.45) is 0 Å². The summed E-state index contributed by atoms with van der Waals surface area (Å²) >= 11 is 0. The van der Waals surface area contributed by atoms with Crippen LogP contribution in [-0.4, -0.2) is 10.9 Å². The smallest absolute Gasteiger partial charge is 0.172 e. The summed E-state index contributed by atoms with van der Waals surface area (Å²) in [5.74, 6) is 0.632. The number of Topliss-reactive ketones (excluding diaryl/α,β-unsaturated/α-hetero) is 1. The van der Waals surface area contributed by atoms with Gasteiger partial charge in [-0.1, -0.05) is 41.6 Å². The second-order valence-electron chi connectivity index (χ2n) is 3.67. The molecule has 0 radical (unpaired) electrons. The third-order valence-corrected chi connectivity index (χ3v) is 2.62. The zero-order valence-electron chi connectivity index (χ0n) is 9.33. The molecule has 0 fully saturated rings.